The van der Waals surface area contributed by atoms with Crippen molar-refractivity contribution in [1.29, 1.82) is 0 Å². The van der Waals surface area contributed by atoms with Crippen LogP contribution >= 0.6 is 0 Å². The molecule has 0 aliphatic carbocycles. The van der Waals surface area contributed by atoms with Crippen LogP contribution in [0, 0.1) is 5.92 Å². The molecule has 0 saturated carbocycles. The Bertz CT molecular complexity index is 1090. The molecule has 1 aromatic rings. The number of ketones is 1. The Morgan fingerprint density at radius 1 is 1.10 bits per heavy atom. The summed E-state index contributed by atoms with van der Waals surface area (Å²) in [6, 6.07) is 5.29. The largest absolute Gasteiger partial charge is 0.444 e. The number of Topliss-reactive ketones (excluding diaryl/α,β-unsaturated/α-hetero) is 1. The molecule has 0 radical (unpaired) electrons. The lowest BCUT2D eigenvalue weighted by molar-refractivity contribution is -0.126. The topological polar surface area (TPSA) is 103 Å². The summed E-state index contributed by atoms with van der Waals surface area (Å²) in [5.41, 5.74) is 2.17. The van der Waals surface area contributed by atoms with E-state index in [-0.39, 0.29) is 30.1 Å². The predicted molar refractivity (Wildman–Crippen MR) is 149 cm³/mol. The lowest BCUT2D eigenvalue weighted by atomic mass is 9.99. The quantitative estimate of drug-likeness (QED) is 0.513. The lowest BCUT2D eigenvalue weighted by Crippen LogP contribution is -2.57. The molecule has 1 atom stereocenters. The Balaban J connectivity index is 1.29. The van der Waals surface area contributed by atoms with Gasteiger partial charge in [0.1, 0.15) is 17.4 Å². The second-order valence-electron chi connectivity index (χ2n) is 11.9. The molecule has 214 valence electrons. The number of amides is 3. The molecule has 1 N–H and O–H groups in total. The van der Waals surface area contributed by atoms with Gasteiger partial charge in [0.15, 0.2) is 0 Å². The molecule has 2 fully saturated rings. The summed E-state index contributed by atoms with van der Waals surface area (Å²) in [6.07, 6.45) is 0.811. The molecule has 1 aromatic carbocycles. The molecule has 0 bridgehead atoms. The van der Waals surface area contributed by atoms with Crippen LogP contribution in [0.4, 0.5) is 10.5 Å². The van der Waals surface area contributed by atoms with Gasteiger partial charge in [0.05, 0.1) is 0 Å². The molecular formula is C29H43N5O5. The van der Waals surface area contributed by atoms with Gasteiger partial charge < -0.3 is 24.8 Å². The molecule has 0 aromatic heterocycles. The van der Waals surface area contributed by atoms with Crippen molar-refractivity contribution < 1.29 is 23.9 Å². The van der Waals surface area contributed by atoms with Crippen LogP contribution in [0.3, 0.4) is 0 Å². The first kappa shape index (κ1) is 28.9. The minimum atomic E-state index is -0.657. The summed E-state index contributed by atoms with van der Waals surface area (Å²) in [5, 5.41) is 2.65. The monoisotopic (exact) mass is 541 g/mol. The average molecular weight is 542 g/mol. The highest BCUT2D eigenvalue weighted by Gasteiger charge is 2.37. The number of fused-ring (bicyclic) bond motifs is 1. The Morgan fingerprint density at radius 2 is 1.79 bits per heavy atom. The fourth-order valence-electron chi connectivity index (χ4n) is 5.56. The number of hydrogen-bond donors (Lipinski definition) is 1. The summed E-state index contributed by atoms with van der Waals surface area (Å²) in [5.74, 6) is 0.172. The molecule has 39 heavy (non-hydrogen) atoms. The average Bonchev–Trinajstić information content (AvgIpc) is 3.20. The van der Waals surface area contributed by atoms with Crippen LogP contribution in [0.2, 0.25) is 0 Å². The van der Waals surface area contributed by atoms with Gasteiger partial charge in [-0.2, -0.15) is 0 Å². The molecule has 4 rings (SSSR count). The van der Waals surface area contributed by atoms with E-state index < -0.39 is 11.6 Å². The fourth-order valence-corrected chi connectivity index (χ4v) is 5.56. The van der Waals surface area contributed by atoms with Crippen molar-refractivity contribution in [3.05, 3.63) is 29.3 Å². The number of anilines is 1. The molecule has 3 aliphatic heterocycles. The Labute approximate surface area is 231 Å². The molecule has 1 unspecified atom stereocenters. The Hall–Kier alpha value is -3.14. The number of nitrogens with zero attached hydrogens (tertiary/aromatic N) is 4. The predicted octanol–water partition coefficient (Wildman–Crippen LogP) is 2.51. The molecular weight excluding hydrogens is 498 g/mol. The molecule has 3 amide bonds. The lowest BCUT2D eigenvalue weighted by Gasteiger charge is -2.44. The number of benzene rings is 1. The first-order valence-corrected chi connectivity index (χ1v) is 14.1. The first-order chi connectivity index (χ1) is 18.5. The number of ether oxygens (including phenoxy) is 1. The smallest absolute Gasteiger partial charge is 0.410 e. The normalized spacial score (nSPS) is 19.0. The van der Waals surface area contributed by atoms with Gasteiger partial charge in [-0.25, -0.2) is 4.79 Å². The summed E-state index contributed by atoms with van der Waals surface area (Å²) in [4.78, 5) is 58.0. The SMILES string of the molecule is CCC(=O)CCC(C(=O)NC)N1Cc2cc(N3CCN(CC4CN(C(=O)OC(C)(C)C)C4)CC3)ccc2C1=O. The zero-order valence-corrected chi connectivity index (χ0v) is 24.0. The summed E-state index contributed by atoms with van der Waals surface area (Å²) in [6.45, 7) is 14.0. The van der Waals surface area contributed by atoms with Crippen LogP contribution in [0.1, 0.15) is 62.9 Å². The van der Waals surface area contributed by atoms with E-state index in [9.17, 15) is 19.2 Å². The summed E-state index contributed by atoms with van der Waals surface area (Å²) in [7, 11) is 1.56. The fraction of sp³-hybridized carbons (Fsp3) is 0.655. The van der Waals surface area contributed by atoms with Crippen molar-refractivity contribution in [3.63, 3.8) is 0 Å². The molecule has 3 heterocycles. The standard InChI is InChI=1S/C29H43N5O5/c1-6-23(35)8-10-25(26(36)30-5)34-19-21-15-22(7-9-24(21)27(34)37)32-13-11-31(12-14-32)16-20-17-33(18-20)28(38)39-29(2,3)4/h7,9,15,20,25H,6,8,10-14,16-19H2,1-5H3,(H,30,36). The number of nitrogens with one attached hydrogen (secondary N) is 1. The van der Waals surface area contributed by atoms with Gasteiger partial charge in [0.25, 0.3) is 5.91 Å². The Kier molecular flexibility index (Phi) is 8.83. The van der Waals surface area contributed by atoms with Crippen molar-refractivity contribution in [3.8, 4) is 0 Å². The van der Waals surface area contributed by atoms with E-state index in [1.54, 1.807) is 16.8 Å². The number of likely N-dealkylation sites (tertiary alicyclic amines) is 1. The van der Waals surface area contributed by atoms with Crippen molar-refractivity contribution >= 4 is 29.4 Å². The van der Waals surface area contributed by atoms with Gasteiger partial charge in [-0.1, -0.05) is 6.92 Å². The zero-order valence-electron chi connectivity index (χ0n) is 24.0. The van der Waals surface area contributed by atoms with Crippen LogP contribution in [0.15, 0.2) is 18.2 Å². The summed E-state index contributed by atoms with van der Waals surface area (Å²) >= 11 is 0. The second kappa shape index (κ2) is 11.9. The van der Waals surface area contributed by atoms with E-state index in [0.717, 1.165) is 57.1 Å². The van der Waals surface area contributed by atoms with Crippen LogP contribution in [-0.4, -0.2) is 103 Å². The molecule has 0 spiro atoms. The van der Waals surface area contributed by atoms with Crippen molar-refractivity contribution in [1.82, 2.24) is 20.0 Å². The summed E-state index contributed by atoms with van der Waals surface area (Å²) < 4.78 is 5.45. The third kappa shape index (κ3) is 6.90. The van der Waals surface area contributed by atoms with E-state index >= 15 is 0 Å². The highest BCUT2D eigenvalue weighted by Crippen LogP contribution is 2.31. The maximum Gasteiger partial charge on any atom is 0.410 e. The number of likely N-dealkylation sites (N-methyl/N-ethyl adjacent to an activating group) is 1. The van der Waals surface area contributed by atoms with E-state index in [1.807, 2.05) is 39.8 Å². The third-order valence-electron chi connectivity index (χ3n) is 7.80. The number of carbonyl (C=O) groups is 4. The zero-order chi connectivity index (χ0) is 28.3. The van der Waals surface area contributed by atoms with Crippen LogP contribution in [0.25, 0.3) is 0 Å². The van der Waals surface area contributed by atoms with Crippen molar-refractivity contribution in [2.75, 3.05) is 57.8 Å². The Morgan fingerprint density at radius 3 is 2.41 bits per heavy atom. The van der Waals surface area contributed by atoms with Gasteiger partial charge >= 0.3 is 6.09 Å². The maximum atomic E-state index is 13.2. The van der Waals surface area contributed by atoms with E-state index in [0.29, 0.717) is 30.9 Å². The number of carbonyl (C=O) groups excluding carboxylic acids is 4. The van der Waals surface area contributed by atoms with E-state index in [4.69, 9.17) is 4.74 Å². The number of piperazine rings is 1. The third-order valence-corrected chi connectivity index (χ3v) is 7.80. The van der Waals surface area contributed by atoms with Crippen LogP contribution in [0.5, 0.6) is 0 Å². The molecule has 10 nitrogen and oxygen atoms in total. The van der Waals surface area contributed by atoms with Gasteiger partial charge in [-0.15, -0.1) is 0 Å². The van der Waals surface area contributed by atoms with Gasteiger partial charge in [0.2, 0.25) is 5.91 Å². The number of rotatable bonds is 9. The van der Waals surface area contributed by atoms with Crippen molar-refractivity contribution in [2.24, 2.45) is 5.92 Å². The van der Waals surface area contributed by atoms with Crippen molar-refractivity contribution in [2.45, 2.75) is 65.1 Å². The second-order valence-corrected chi connectivity index (χ2v) is 11.9. The highest BCUT2D eigenvalue weighted by molar-refractivity contribution is 6.01. The van der Waals surface area contributed by atoms with E-state index in [2.05, 4.69) is 21.2 Å². The number of hydrogen-bond acceptors (Lipinski definition) is 7. The minimum absolute atomic E-state index is 0.0900. The van der Waals surface area contributed by atoms with Crippen LogP contribution < -0.4 is 10.2 Å². The van der Waals surface area contributed by atoms with Gasteiger partial charge in [-0.3, -0.25) is 19.3 Å². The van der Waals surface area contributed by atoms with Gasteiger partial charge in [-0.05, 0) is 51.0 Å². The minimum Gasteiger partial charge on any atom is -0.444 e. The molecule has 3 aliphatic rings. The van der Waals surface area contributed by atoms with Crippen LogP contribution in [-0.2, 0) is 20.9 Å². The molecule has 10 heteroatoms. The van der Waals surface area contributed by atoms with E-state index in [1.165, 1.54) is 0 Å². The highest BCUT2D eigenvalue weighted by atomic mass is 16.6. The first-order valence-electron chi connectivity index (χ1n) is 14.1. The van der Waals surface area contributed by atoms with Gasteiger partial charge in [0, 0.05) is 89.4 Å². The maximum absolute atomic E-state index is 13.2. The molecule has 2 saturated heterocycles.